The molecule has 0 amide bonds. The number of halogens is 3. The fourth-order valence-corrected chi connectivity index (χ4v) is 0.853. The Morgan fingerprint density at radius 3 is 2.13 bits per heavy atom. The highest BCUT2D eigenvalue weighted by atomic mass is 19.4. The standard InChI is InChI=1S/C9H4F3NO2/c10-9(11,12)8-3-1-7(2-4-8)5-6-13(14)15/h1-4H. The molecule has 0 atom stereocenters. The summed E-state index contributed by atoms with van der Waals surface area (Å²) in [7, 11) is 0. The molecular formula is C9H4F3NO2. The fourth-order valence-electron chi connectivity index (χ4n) is 0.853. The number of nitrogens with zero attached hydrogens (tertiary/aromatic N) is 1. The third kappa shape index (κ3) is 3.31. The molecule has 0 aromatic heterocycles. The molecule has 0 fully saturated rings. The highest BCUT2D eigenvalue weighted by molar-refractivity contribution is 5.35. The van der Waals surface area contributed by atoms with Crippen molar-refractivity contribution in [1.82, 2.24) is 0 Å². The molecule has 15 heavy (non-hydrogen) atoms. The molecule has 1 aromatic carbocycles. The minimum absolute atomic E-state index is 0.166. The Hall–Kier alpha value is -2.03. The van der Waals surface area contributed by atoms with Crippen LogP contribution in [0.1, 0.15) is 11.1 Å². The van der Waals surface area contributed by atoms with Crippen LogP contribution >= 0.6 is 0 Å². The molecule has 0 aliphatic heterocycles. The monoisotopic (exact) mass is 215 g/mol. The smallest absolute Gasteiger partial charge is 0.249 e. The van der Waals surface area contributed by atoms with E-state index in [0.717, 1.165) is 24.3 Å². The summed E-state index contributed by atoms with van der Waals surface area (Å²) in [5.41, 5.74) is -0.645. The van der Waals surface area contributed by atoms with E-state index in [2.05, 4.69) is 5.92 Å². The van der Waals surface area contributed by atoms with Crippen LogP contribution in [-0.2, 0) is 6.18 Å². The first kappa shape index (κ1) is 11.0. The van der Waals surface area contributed by atoms with E-state index in [1.807, 2.05) is 0 Å². The third-order valence-electron chi connectivity index (χ3n) is 1.50. The molecule has 0 aliphatic rings. The van der Waals surface area contributed by atoms with Crippen LogP contribution in [-0.4, -0.2) is 4.92 Å². The SMILES string of the molecule is O=[N+]([O-])C#Cc1ccc(C(F)(F)F)cc1. The predicted octanol–water partition coefficient (Wildman–Crippen LogP) is 2.29. The van der Waals surface area contributed by atoms with Gasteiger partial charge in [-0.2, -0.15) is 13.2 Å². The second-order valence-corrected chi connectivity index (χ2v) is 2.57. The number of rotatable bonds is 0. The van der Waals surface area contributed by atoms with Crippen molar-refractivity contribution in [3.63, 3.8) is 0 Å². The van der Waals surface area contributed by atoms with Crippen molar-refractivity contribution in [3.8, 4) is 12.0 Å². The molecule has 6 heteroatoms. The van der Waals surface area contributed by atoms with Crippen molar-refractivity contribution in [1.29, 1.82) is 0 Å². The Labute approximate surface area is 82.7 Å². The summed E-state index contributed by atoms with van der Waals surface area (Å²) in [6.07, 6.45) is -4.41. The van der Waals surface area contributed by atoms with Crippen molar-refractivity contribution in [2.45, 2.75) is 6.18 Å². The van der Waals surface area contributed by atoms with Gasteiger partial charge in [-0.05, 0) is 24.3 Å². The zero-order valence-electron chi connectivity index (χ0n) is 7.21. The van der Waals surface area contributed by atoms with Crippen molar-refractivity contribution in [2.75, 3.05) is 0 Å². The Morgan fingerprint density at radius 2 is 1.73 bits per heavy atom. The van der Waals surface area contributed by atoms with Gasteiger partial charge in [-0.1, -0.05) is 0 Å². The van der Waals surface area contributed by atoms with Crippen molar-refractivity contribution < 1.29 is 18.1 Å². The van der Waals surface area contributed by atoms with Gasteiger partial charge >= 0.3 is 6.18 Å². The summed E-state index contributed by atoms with van der Waals surface area (Å²) >= 11 is 0. The molecule has 0 unspecified atom stereocenters. The van der Waals surface area contributed by atoms with Crippen LogP contribution in [0.2, 0.25) is 0 Å². The largest absolute Gasteiger partial charge is 0.416 e. The van der Waals surface area contributed by atoms with E-state index >= 15 is 0 Å². The second kappa shape index (κ2) is 4.00. The molecular weight excluding hydrogens is 211 g/mol. The van der Waals surface area contributed by atoms with Crippen molar-refractivity contribution >= 4 is 0 Å². The lowest BCUT2D eigenvalue weighted by molar-refractivity contribution is -0.379. The summed E-state index contributed by atoms with van der Waals surface area (Å²) in [6.45, 7) is 0. The van der Waals surface area contributed by atoms with Gasteiger partial charge in [0.1, 0.15) is 4.92 Å². The molecule has 3 nitrogen and oxygen atoms in total. The van der Waals surface area contributed by atoms with Gasteiger partial charge in [0.05, 0.1) is 5.56 Å². The van der Waals surface area contributed by atoms with Gasteiger partial charge in [-0.15, -0.1) is 0 Å². The van der Waals surface area contributed by atoms with E-state index in [0.29, 0.717) is 0 Å². The highest BCUT2D eigenvalue weighted by Gasteiger charge is 2.29. The summed E-state index contributed by atoms with van der Waals surface area (Å²) in [6, 6.07) is 5.42. The number of alkyl halides is 3. The first-order valence-corrected chi connectivity index (χ1v) is 3.73. The molecule has 78 valence electrons. The van der Waals surface area contributed by atoms with Gasteiger partial charge in [0.2, 0.25) is 0 Å². The fraction of sp³-hybridized carbons (Fsp3) is 0.111. The van der Waals surface area contributed by atoms with Crippen molar-refractivity contribution in [2.24, 2.45) is 0 Å². The first-order valence-electron chi connectivity index (χ1n) is 3.73. The number of hydrogen-bond donors (Lipinski definition) is 0. The average Bonchev–Trinajstić information content (AvgIpc) is 2.14. The van der Waals surface area contributed by atoms with E-state index in [1.54, 1.807) is 6.04 Å². The van der Waals surface area contributed by atoms with Gasteiger partial charge in [0.15, 0.2) is 0 Å². The Balaban J connectivity index is 2.93. The van der Waals surface area contributed by atoms with E-state index < -0.39 is 16.7 Å². The molecule has 0 bridgehead atoms. The summed E-state index contributed by atoms with van der Waals surface area (Å²) in [5, 5.41) is 9.85. The number of benzene rings is 1. The Morgan fingerprint density at radius 1 is 1.20 bits per heavy atom. The van der Waals surface area contributed by atoms with Crippen LogP contribution in [0.3, 0.4) is 0 Å². The topological polar surface area (TPSA) is 43.1 Å². The zero-order chi connectivity index (χ0) is 11.5. The van der Waals surface area contributed by atoms with Crippen LogP contribution in [0, 0.1) is 22.1 Å². The molecule has 0 radical (unpaired) electrons. The van der Waals surface area contributed by atoms with Gasteiger partial charge in [-0.25, -0.2) is 10.1 Å². The van der Waals surface area contributed by atoms with Crippen LogP contribution in [0.5, 0.6) is 0 Å². The van der Waals surface area contributed by atoms with Gasteiger partial charge in [0.25, 0.3) is 6.04 Å². The minimum Gasteiger partial charge on any atom is -0.249 e. The van der Waals surface area contributed by atoms with Gasteiger partial charge in [-0.3, -0.25) is 0 Å². The molecule has 0 aliphatic carbocycles. The first-order chi connectivity index (χ1) is 6.89. The summed E-state index contributed by atoms with van der Waals surface area (Å²) in [4.78, 5) is 8.99. The number of nitro groups is 1. The molecule has 0 saturated carbocycles. The van der Waals surface area contributed by atoms with Crippen molar-refractivity contribution in [3.05, 3.63) is 45.5 Å². The molecule has 1 aromatic rings. The van der Waals surface area contributed by atoms with Gasteiger partial charge < -0.3 is 0 Å². The van der Waals surface area contributed by atoms with Crippen LogP contribution < -0.4 is 0 Å². The lowest BCUT2D eigenvalue weighted by Crippen LogP contribution is -2.04. The average molecular weight is 215 g/mol. The minimum atomic E-state index is -4.41. The lowest BCUT2D eigenvalue weighted by Gasteiger charge is -2.04. The third-order valence-corrected chi connectivity index (χ3v) is 1.50. The zero-order valence-corrected chi connectivity index (χ0v) is 7.21. The van der Waals surface area contributed by atoms with E-state index in [1.165, 1.54) is 0 Å². The van der Waals surface area contributed by atoms with Crippen LogP contribution in [0.25, 0.3) is 0 Å². The van der Waals surface area contributed by atoms with E-state index in [4.69, 9.17) is 0 Å². The van der Waals surface area contributed by atoms with E-state index in [-0.39, 0.29) is 5.56 Å². The molecule has 0 saturated heterocycles. The van der Waals surface area contributed by atoms with Crippen LogP contribution in [0.4, 0.5) is 13.2 Å². The quantitative estimate of drug-likeness (QED) is 0.288. The maximum atomic E-state index is 12.1. The summed E-state index contributed by atoms with van der Waals surface area (Å²) in [5.74, 6) is 2.11. The highest BCUT2D eigenvalue weighted by Crippen LogP contribution is 2.28. The molecule has 0 heterocycles. The number of hydrogen-bond acceptors (Lipinski definition) is 2. The van der Waals surface area contributed by atoms with Gasteiger partial charge in [0, 0.05) is 11.5 Å². The molecule has 0 N–H and O–H groups in total. The maximum Gasteiger partial charge on any atom is 0.416 e. The lowest BCUT2D eigenvalue weighted by atomic mass is 10.1. The Bertz CT molecular complexity index is 425. The maximum absolute atomic E-state index is 12.1. The predicted molar refractivity (Wildman–Crippen MR) is 45.3 cm³/mol. The normalized spacial score (nSPS) is 10.3. The van der Waals surface area contributed by atoms with E-state index in [9.17, 15) is 23.3 Å². The second-order valence-electron chi connectivity index (χ2n) is 2.57. The summed E-state index contributed by atoms with van der Waals surface area (Å²) < 4.78 is 36.3. The molecule has 1 rings (SSSR count). The Kier molecular flexibility index (Phi) is 2.95. The molecule has 0 spiro atoms. The van der Waals surface area contributed by atoms with Crippen LogP contribution in [0.15, 0.2) is 24.3 Å².